The number of hydrogen-bond donors (Lipinski definition) is 2. The summed E-state index contributed by atoms with van der Waals surface area (Å²) in [7, 11) is 8.03. The van der Waals surface area contributed by atoms with Crippen molar-refractivity contribution in [1.82, 2.24) is 53.0 Å². The van der Waals surface area contributed by atoms with E-state index in [1.54, 1.807) is 25.6 Å². The van der Waals surface area contributed by atoms with Crippen molar-refractivity contribution in [2.45, 2.75) is 20.0 Å². The smallest absolute Gasteiger partial charge is 0.345 e. The molecule has 0 atom stereocenters. The van der Waals surface area contributed by atoms with E-state index in [1.165, 1.54) is 22.7 Å². The minimum absolute atomic E-state index is 0.0831. The number of para-hydroxylation sites is 2. The molecular formula is C52H56N14O5S2. The number of anilines is 2. The maximum atomic E-state index is 13.7. The molecule has 8 aromatic heterocycles. The molecule has 0 radical (unpaired) electrons. The Morgan fingerprint density at radius 3 is 1.55 bits per heavy atom. The summed E-state index contributed by atoms with van der Waals surface area (Å²) in [4.78, 5) is 81.3. The minimum atomic E-state index is -0.586. The van der Waals surface area contributed by atoms with Gasteiger partial charge in [-0.15, -0.1) is 22.7 Å². The second kappa shape index (κ2) is 20.9. The number of nitrogens with one attached hydrogen (secondary N) is 1. The summed E-state index contributed by atoms with van der Waals surface area (Å²) in [6, 6.07) is 23.2. The molecular weight excluding hydrogens is 965 g/mol. The molecule has 0 saturated carbocycles. The number of hydrogen-bond acceptors (Lipinski definition) is 16. The fourth-order valence-electron chi connectivity index (χ4n) is 9.15. The van der Waals surface area contributed by atoms with Crippen molar-refractivity contribution >= 4 is 98.3 Å². The van der Waals surface area contributed by atoms with Crippen LogP contribution >= 0.6 is 22.7 Å². The predicted octanol–water partition coefficient (Wildman–Crippen LogP) is 5.35. The number of esters is 1. The highest BCUT2D eigenvalue weighted by Crippen LogP contribution is 2.33. The van der Waals surface area contributed by atoms with Crippen LogP contribution in [-0.4, -0.2) is 133 Å². The van der Waals surface area contributed by atoms with Gasteiger partial charge in [-0.05, 0) is 69.6 Å². The number of imidazole rings is 2. The van der Waals surface area contributed by atoms with E-state index in [2.05, 4.69) is 49.0 Å². The van der Waals surface area contributed by atoms with Crippen LogP contribution in [0.25, 0.3) is 52.2 Å². The lowest BCUT2D eigenvalue weighted by molar-refractivity contribution is 0.0527. The molecule has 73 heavy (non-hydrogen) atoms. The fourth-order valence-corrected chi connectivity index (χ4v) is 11.5. The molecule has 0 spiro atoms. The van der Waals surface area contributed by atoms with Crippen LogP contribution < -0.4 is 31.7 Å². The Kier molecular flexibility index (Phi) is 14.0. The maximum absolute atomic E-state index is 13.7. The molecule has 0 unspecified atom stereocenters. The number of rotatable bonds is 8. The van der Waals surface area contributed by atoms with Gasteiger partial charge < -0.3 is 44.5 Å². The number of carbonyl (C=O) groups excluding carboxylic acids is 2. The van der Waals surface area contributed by atoms with E-state index in [1.807, 2.05) is 111 Å². The summed E-state index contributed by atoms with van der Waals surface area (Å²) in [6.07, 6.45) is 7.16. The third kappa shape index (κ3) is 9.76. The molecule has 2 fully saturated rings. The van der Waals surface area contributed by atoms with Crippen LogP contribution in [0.4, 0.5) is 11.6 Å². The van der Waals surface area contributed by atoms with Gasteiger partial charge in [0.25, 0.3) is 5.91 Å². The SMILES string of the molecule is CCOC(=O)c1c(=O)c2ccc(N3CCN(C)CC3)nc2n2c1sc1ccccc12.CN1CCN(c2ccc3c(=O)c(C(=O)NCc4cn(C)cn4)c4sc5ccccc5n4c3n2)CC1.Cn1cnc(CN)c1. The summed E-state index contributed by atoms with van der Waals surface area (Å²) in [5.74, 6) is 0.704. The zero-order valence-electron chi connectivity index (χ0n) is 41.3. The van der Waals surface area contributed by atoms with E-state index in [9.17, 15) is 19.2 Å². The number of ether oxygens (including phenoxy) is 1. The Balaban J connectivity index is 0.000000147. The van der Waals surface area contributed by atoms with Gasteiger partial charge in [0.2, 0.25) is 10.9 Å². The molecule has 1 amide bonds. The zero-order chi connectivity index (χ0) is 50.9. The van der Waals surface area contributed by atoms with E-state index in [4.69, 9.17) is 20.4 Å². The predicted molar refractivity (Wildman–Crippen MR) is 290 cm³/mol. The molecule has 10 aromatic rings. The van der Waals surface area contributed by atoms with E-state index in [0.29, 0.717) is 38.3 Å². The Morgan fingerprint density at radius 1 is 0.630 bits per heavy atom. The number of aryl methyl sites for hydroxylation is 2. The van der Waals surface area contributed by atoms with E-state index in [-0.39, 0.29) is 35.1 Å². The summed E-state index contributed by atoms with van der Waals surface area (Å²) in [5, 5.41) is 3.75. The van der Waals surface area contributed by atoms with Gasteiger partial charge in [0.05, 0.1) is 68.4 Å². The third-order valence-electron chi connectivity index (χ3n) is 13.1. The monoisotopic (exact) mass is 1020 g/mol. The summed E-state index contributed by atoms with van der Waals surface area (Å²) in [6.45, 7) is 10.1. The molecule has 376 valence electrons. The first-order valence-electron chi connectivity index (χ1n) is 24.1. The zero-order valence-corrected chi connectivity index (χ0v) is 43.0. The lowest BCUT2D eigenvalue weighted by Gasteiger charge is -2.33. The number of amides is 1. The minimum Gasteiger partial charge on any atom is -0.462 e. The maximum Gasteiger partial charge on any atom is 0.345 e. The molecule has 21 heteroatoms. The van der Waals surface area contributed by atoms with Crippen molar-refractivity contribution in [1.29, 1.82) is 0 Å². The largest absolute Gasteiger partial charge is 0.462 e. The average molecular weight is 1020 g/mol. The number of nitrogens with zero attached hydrogens (tertiary/aromatic N) is 12. The number of piperazine rings is 2. The van der Waals surface area contributed by atoms with Gasteiger partial charge in [-0.3, -0.25) is 23.2 Å². The number of carbonyl (C=O) groups is 2. The second-order valence-electron chi connectivity index (χ2n) is 18.2. The highest BCUT2D eigenvalue weighted by atomic mass is 32.1. The highest BCUT2D eigenvalue weighted by molar-refractivity contribution is 7.24. The van der Waals surface area contributed by atoms with Crippen molar-refractivity contribution in [2.75, 3.05) is 82.9 Å². The van der Waals surface area contributed by atoms with Gasteiger partial charge >= 0.3 is 5.97 Å². The van der Waals surface area contributed by atoms with Gasteiger partial charge in [-0.25, -0.2) is 24.7 Å². The molecule has 2 aliphatic heterocycles. The molecule has 2 aliphatic rings. The summed E-state index contributed by atoms with van der Waals surface area (Å²) >= 11 is 2.85. The number of fused-ring (bicyclic) bond motifs is 10. The Morgan fingerprint density at radius 2 is 1.10 bits per heavy atom. The summed E-state index contributed by atoms with van der Waals surface area (Å²) in [5.41, 5.74) is 9.57. The molecule has 10 heterocycles. The number of likely N-dealkylation sites (N-methyl/N-ethyl adjacent to an activating group) is 2. The number of benzene rings is 2. The fraction of sp³-hybridized carbons (Fsp3) is 0.308. The van der Waals surface area contributed by atoms with E-state index < -0.39 is 11.9 Å². The van der Waals surface area contributed by atoms with Crippen molar-refractivity contribution in [3.05, 3.63) is 141 Å². The van der Waals surface area contributed by atoms with Crippen LogP contribution in [0.5, 0.6) is 0 Å². The molecule has 3 N–H and O–H groups in total. The van der Waals surface area contributed by atoms with Crippen LogP contribution in [0, 0.1) is 0 Å². The van der Waals surface area contributed by atoms with Crippen molar-refractivity contribution < 1.29 is 14.3 Å². The Hall–Kier alpha value is -7.56. The average Bonchev–Trinajstić information content (AvgIpc) is 4.22. The van der Waals surface area contributed by atoms with Crippen LogP contribution in [0.3, 0.4) is 0 Å². The van der Waals surface area contributed by atoms with E-state index in [0.717, 1.165) is 95.8 Å². The van der Waals surface area contributed by atoms with Gasteiger partial charge in [-0.1, -0.05) is 24.3 Å². The van der Waals surface area contributed by atoms with Crippen molar-refractivity contribution in [3.63, 3.8) is 0 Å². The molecule has 0 aliphatic carbocycles. The Labute approximate surface area is 427 Å². The molecule has 12 rings (SSSR count). The second-order valence-corrected chi connectivity index (χ2v) is 20.2. The van der Waals surface area contributed by atoms with Crippen LogP contribution in [-0.2, 0) is 31.9 Å². The molecule has 2 saturated heterocycles. The molecule has 19 nitrogen and oxygen atoms in total. The van der Waals surface area contributed by atoms with E-state index >= 15 is 0 Å². The topological polar surface area (TPSA) is 199 Å². The van der Waals surface area contributed by atoms with Crippen LogP contribution in [0.2, 0.25) is 0 Å². The van der Waals surface area contributed by atoms with Gasteiger partial charge in [-0.2, -0.15) is 0 Å². The number of nitrogens with two attached hydrogens (primary N) is 1. The first-order valence-corrected chi connectivity index (χ1v) is 25.7. The first kappa shape index (κ1) is 49.0. The van der Waals surface area contributed by atoms with Crippen molar-refractivity contribution in [3.8, 4) is 0 Å². The molecule has 0 bridgehead atoms. The number of thiazole rings is 2. The number of pyridine rings is 4. The lowest BCUT2D eigenvalue weighted by atomic mass is 10.1. The summed E-state index contributed by atoms with van der Waals surface area (Å²) < 4.78 is 14.8. The third-order valence-corrected chi connectivity index (χ3v) is 15.4. The first-order chi connectivity index (χ1) is 35.4. The highest BCUT2D eigenvalue weighted by Gasteiger charge is 2.27. The number of aromatic nitrogens is 8. The lowest BCUT2D eigenvalue weighted by Crippen LogP contribution is -2.44. The quantitative estimate of drug-likeness (QED) is 0.185. The van der Waals surface area contributed by atoms with Crippen LogP contribution in [0.15, 0.2) is 107 Å². The van der Waals surface area contributed by atoms with Crippen LogP contribution in [0.1, 0.15) is 39.0 Å². The molecule has 2 aromatic carbocycles. The standard InChI is InChI=1S/C25H25N7O2S.C22H22N4O3S.C5H9N3/c1-29-9-11-31(12-10-29)20-8-7-17-22(33)21(24(34)26-13-16-14-30(2)15-27-16)25-32(23(17)28-20)18-5-3-4-6-19(18)35-25;1-3-29-22(28)18-19(27)14-8-9-17(25-12-10-24(2)11-13-25)23-20(14)26-15-6-4-5-7-16(15)30-21(18)26;1-8-3-5(2-6)7-4-8/h3-8,14-15H,9-13H2,1-2H3,(H,26,34);4-9H,3,10-13H2,1-2H3;3-4H,2,6H2,1H3. The van der Waals surface area contributed by atoms with Crippen molar-refractivity contribution in [2.24, 2.45) is 19.8 Å². The normalized spacial score (nSPS) is 14.5. The van der Waals surface area contributed by atoms with Gasteiger partial charge in [0.1, 0.15) is 32.4 Å². The Bertz CT molecular complexity index is 3800. The van der Waals surface area contributed by atoms with Gasteiger partial charge in [0, 0.05) is 85.4 Å². The van der Waals surface area contributed by atoms with Gasteiger partial charge in [0.15, 0.2) is 11.3 Å².